The van der Waals surface area contributed by atoms with Crippen LogP contribution < -0.4 is 15.4 Å². The minimum Gasteiger partial charge on any atom is -0.356 e. The van der Waals surface area contributed by atoms with Crippen LogP contribution in [0.25, 0.3) is 0 Å². The minimum absolute atomic E-state index is 0. The second-order valence-corrected chi connectivity index (χ2v) is 7.92. The highest BCUT2D eigenvalue weighted by atomic mass is 127. The van der Waals surface area contributed by atoms with Crippen LogP contribution in [0, 0.1) is 6.92 Å². The SMILES string of the molecule is Cc1ccc(CN=C(NCCCNS(C)(=O)=O)Nc2ccccc2)cc1.I. The summed E-state index contributed by atoms with van der Waals surface area (Å²) in [7, 11) is -3.15. The van der Waals surface area contributed by atoms with Crippen molar-refractivity contribution in [3.05, 3.63) is 65.7 Å². The number of halogens is 1. The minimum atomic E-state index is -3.15. The van der Waals surface area contributed by atoms with E-state index in [4.69, 9.17) is 0 Å². The lowest BCUT2D eigenvalue weighted by atomic mass is 10.1. The first kappa shape index (κ1) is 23.4. The molecule has 3 N–H and O–H groups in total. The predicted octanol–water partition coefficient (Wildman–Crippen LogP) is 3.11. The molecule has 0 saturated carbocycles. The number of rotatable bonds is 8. The van der Waals surface area contributed by atoms with Gasteiger partial charge in [0, 0.05) is 18.8 Å². The van der Waals surface area contributed by atoms with Gasteiger partial charge < -0.3 is 10.6 Å². The molecule has 8 heteroatoms. The first-order valence-corrected chi connectivity index (χ1v) is 10.4. The summed E-state index contributed by atoms with van der Waals surface area (Å²) in [5, 5.41) is 6.51. The van der Waals surface area contributed by atoms with Gasteiger partial charge in [0.05, 0.1) is 12.8 Å². The average molecular weight is 502 g/mol. The number of aliphatic imine (C=N–C) groups is 1. The van der Waals surface area contributed by atoms with Crippen LogP contribution in [0.15, 0.2) is 59.6 Å². The molecule has 2 aromatic carbocycles. The van der Waals surface area contributed by atoms with E-state index in [2.05, 4.69) is 51.5 Å². The number of para-hydroxylation sites is 1. The number of anilines is 1. The molecule has 0 atom stereocenters. The topological polar surface area (TPSA) is 82.6 Å². The lowest BCUT2D eigenvalue weighted by molar-refractivity contribution is 0.584. The molecular weight excluding hydrogens is 475 g/mol. The average Bonchev–Trinajstić information content (AvgIpc) is 2.60. The van der Waals surface area contributed by atoms with Crippen LogP contribution in [0.5, 0.6) is 0 Å². The number of aryl methyl sites for hydroxylation is 1. The fourth-order valence-corrected chi connectivity index (χ4v) is 2.73. The first-order chi connectivity index (χ1) is 12.4. The Morgan fingerprint density at radius 2 is 1.67 bits per heavy atom. The molecule has 0 aliphatic heterocycles. The molecule has 2 rings (SSSR count). The molecule has 0 aliphatic rings. The summed E-state index contributed by atoms with van der Waals surface area (Å²) in [5.41, 5.74) is 3.29. The Labute approximate surface area is 178 Å². The first-order valence-electron chi connectivity index (χ1n) is 8.53. The fraction of sp³-hybridized carbons (Fsp3) is 0.316. The Morgan fingerprint density at radius 3 is 2.30 bits per heavy atom. The number of benzene rings is 2. The summed E-state index contributed by atoms with van der Waals surface area (Å²) in [6, 6.07) is 18.1. The molecule has 27 heavy (non-hydrogen) atoms. The maximum atomic E-state index is 11.1. The van der Waals surface area contributed by atoms with Gasteiger partial charge >= 0.3 is 0 Å². The zero-order valence-electron chi connectivity index (χ0n) is 15.6. The summed E-state index contributed by atoms with van der Waals surface area (Å²) in [5.74, 6) is 0.663. The standard InChI is InChI=1S/C19H26N4O2S.HI/c1-16-9-11-17(12-10-16)15-21-19(23-18-7-4-3-5-8-18)20-13-6-14-22-26(2,24)25;/h3-5,7-12,22H,6,13-15H2,1-2H3,(H2,20,21,23);1H. The van der Waals surface area contributed by atoms with Gasteiger partial charge in [0.2, 0.25) is 10.0 Å². The van der Waals surface area contributed by atoms with Gasteiger partial charge in [-0.2, -0.15) is 0 Å². The van der Waals surface area contributed by atoms with E-state index in [-0.39, 0.29) is 24.0 Å². The third kappa shape index (κ3) is 10.3. The molecule has 6 nitrogen and oxygen atoms in total. The van der Waals surface area contributed by atoms with Crippen LogP contribution in [0.3, 0.4) is 0 Å². The second-order valence-electron chi connectivity index (χ2n) is 6.09. The van der Waals surface area contributed by atoms with E-state index in [1.54, 1.807) is 0 Å². The molecular formula is C19H27IN4O2S. The van der Waals surface area contributed by atoms with Crippen molar-refractivity contribution in [2.75, 3.05) is 24.7 Å². The van der Waals surface area contributed by atoms with Gasteiger partial charge in [0.25, 0.3) is 0 Å². The molecule has 0 bridgehead atoms. The van der Waals surface area contributed by atoms with Gasteiger partial charge in [-0.1, -0.05) is 48.0 Å². The molecule has 0 aromatic heterocycles. The van der Waals surface area contributed by atoms with Crippen LogP contribution in [-0.4, -0.2) is 33.7 Å². The van der Waals surface area contributed by atoms with Crippen molar-refractivity contribution >= 4 is 45.6 Å². The number of sulfonamides is 1. The van der Waals surface area contributed by atoms with Crippen LogP contribution >= 0.6 is 24.0 Å². The summed E-state index contributed by atoms with van der Waals surface area (Å²) in [6.07, 6.45) is 1.82. The van der Waals surface area contributed by atoms with Gasteiger partial charge in [-0.15, -0.1) is 24.0 Å². The molecule has 0 heterocycles. The maximum absolute atomic E-state index is 11.1. The number of nitrogens with one attached hydrogen (secondary N) is 3. The lowest BCUT2D eigenvalue weighted by Gasteiger charge is -2.13. The van der Waals surface area contributed by atoms with Gasteiger partial charge in [-0.3, -0.25) is 0 Å². The summed E-state index contributed by atoms with van der Waals surface area (Å²) < 4.78 is 24.7. The summed E-state index contributed by atoms with van der Waals surface area (Å²) in [4.78, 5) is 4.62. The van der Waals surface area contributed by atoms with Gasteiger partial charge in [0.1, 0.15) is 0 Å². The Hall–Kier alpha value is -1.65. The van der Waals surface area contributed by atoms with E-state index in [1.165, 1.54) is 5.56 Å². The lowest BCUT2D eigenvalue weighted by Crippen LogP contribution is -2.33. The Balaban J connectivity index is 0.00000364. The van der Waals surface area contributed by atoms with Crippen LogP contribution in [0.1, 0.15) is 17.5 Å². The Kier molecular flexibility index (Phi) is 10.3. The molecule has 0 unspecified atom stereocenters. The highest BCUT2D eigenvalue weighted by molar-refractivity contribution is 14.0. The monoisotopic (exact) mass is 502 g/mol. The summed E-state index contributed by atoms with van der Waals surface area (Å²) in [6.45, 7) is 3.61. The highest BCUT2D eigenvalue weighted by Crippen LogP contribution is 2.07. The third-order valence-electron chi connectivity index (χ3n) is 3.59. The molecule has 0 radical (unpaired) electrons. The van der Waals surface area contributed by atoms with E-state index in [9.17, 15) is 8.42 Å². The Bertz CT molecular complexity index is 809. The van der Waals surface area contributed by atoms with Gasteiger partial charge in [-0.05, 0) is 31.0 Å². The number of hydrogen-bond donors (Lipinski definition) is 3. The van der Waals surface area contributed by atoms with E-state index in [1.807, 2.05) is 30.3 Å². The fourth-order valence-electron chi connectivity index (χ4n) is 2.21. The van der Waals surface area contributed by atoms with Crippen LogP contribution in [-0.2, 0) is 16.6 Å². The third-order valence-corrected chi connectivity index (χ3v) is 4.32. The van der Waals surface area contributed by atoms with E-state index in [0.29, 0.717) is 32.0 Å². The van der Waals surface area contributed by atoms with Crippen molar-refractivity contribution in [2.24, 2.45) is 4.99 Å². The quantitative estimate of drug-likeness (QED) is 0.224. The van der Waals surface area contributed by atoms with Crippen molar-refractivity contribution in [1.82, 2.24) is 10.0 Å². The second kappa shape index (κ2) is 11.9. The molecule has 2 aromatic rings. The van der Waals surface area contributed by atoms with Crippen molar-refractivity contribution in [3.63, 3.8) is 0 Å². The van der Waals surface area contributed by atoms with E-state index >= 15 is 0 Å². The molecule has 148 valence electrons. The molecule has 0 spiro atoms. The van der Waals surface area contributed by atoms with Gasteiger partial charge in [-0.25, -0.2) is 18.1 Å². The van der Waals surface area contributed by atoms with Crippen LogP contribution in [0.4, 0.5) is 5.69 Å². The van der Waals surface area contributed by atoms with Crippen molar-refractivity contribution in [2.45, 2.75) is 19.9 Å². The van der Waals surface area contributed by atoms with Crippen LogP contribution in [0.2, 0.25) is 0 Å². The Morgan fingerprint density at radius 1 is 1.00 bits per heavy atom. The zero-order chi connectivity index (χ0) is 18.8. The molecule has 0 amide bonds. The molecule has 0 fully saturated rings. The molecule has 0 aliphatic carbocycles. The van der Waals surface area contributed by atoms with E-state index < -0.39 is 10.0 Å². The maximum Gasteiger partial charge on any atom is 0.208 e. The smallest absolute Gasteiger partial charge is 0.208 e. The van der Waals surface area contributed by atoms with E-state index in [0.717, 1.165) is 17.5 Å². The normalized spacial score (nSPS) is 11.6. The molecule has 0 saturated heterocycles. The summed E-state index contributed by atoms with van der Waals surface area (Å²) >= 11 is 0. The van der Waals surface area contributed by atoms with Crippen molar-refractivity contribution < 1.29 is 8.42 Å². The number of hydrogen-bond acceptors (Lipinski definition) is 3. The number of guanidine groups is 1. The predicted molar refractivity (Wildman–Crippen MR) is 123 cm³/mol. The van der Waals surface area contributed by atoms with Crippen molar-refractivity contribution in [1.29, 1.82) is 0 Å². The largest absolute Gasteiger partial charge is 0.356 e. The highest BCUT2D eigenvalue weighted by Gasteiger charge is 2.02. The number of nitrogens with zero attached hydrogens (tertiary/aromatic N) is 1. The zero-order valence-corrected chi connectivity index (χ0v) is 18.8. The van der Waals surface area contributed by atoms with Gasteiger partial charge in [0.15, 0.2) is 5.96 Å². The van der Waals surface area contributed by atoms with Crippen molar-refractivity contribution in [3.8, 4) is 0 Å².